The molecule has 3 unspecified atom stereocenters. The van der Waals surface area contributed by atoms with E-state index in [9.17, 15) is 19.8 Å². The average molecular weight is 858 g/mol. The fourth-order valence-electron chi connectivity index (χ4n) is 8.10. The van der Waals surface area contributed by atoms with Gasteiger partial charge in [-0.1, -0.05) is 237 Å². The lowest BCUT2D eigenvalue weighted by Gasteiger charge is -2.23. The Hall–Kier alpha value is -1.92. The van der Waals surface area contributed by atoms with Gasteiger partial charge in [0.05, 0.1) is 25.2 Å². The number of carbonyl (C=O) groups excluding carboxylic acids is 2. The monoisotopic (exact) mass is 858 g/mol. The molecule has 0 saturated carbocycles. The van der Waals surface area contributed by atoms with E-state index >= 15 is 0 Å². The second-order valence-corrected chi connectivity index (χ2v) is 18.3. The molecule has 0 heterocycles. The molecule has 0 aliphatic rings. The van der Waals surface area contributed by atoms with E-state index in [4.69, 9.17) is 4.74 Å². The van der Waals surface area contributed by atoms with E-state index in [-0.39, 0.29) is 24.9 Å². The second-order valence-electron chi connectivity index (χ2n) is 18.3. The van der Waals surface area contributed by atoms with Gasteiger partial charge in [0.1, 0.15) is 6.10 Å². The van der Waals surface area contributed by atoms with Crippen molar-refractivity contribution in [2.75, 3.05) is 6.61 Å². The van der Waals surface area contributed by atoms with Crippen LogP contribution in [0.5, 0.6) is 0 Å². The minimum Gasteiger partial charge on any atom is -0.458 e. The van der Waals surface area contributed by atoms with Gasteiger partial charge in [0, 0.05) is 6.42 Å². The summed E-state index contributed by atoms with van der Waals surface area (Å²) >= 11 is 0. The molecule has 6 nitrogen and oxygen atoms in total. The maximum absolute atomic E-state index is 13.2. The van der Waals surface area contributed by atoms with Crippen LogP contribution in [0.3, 0.4) is 0 Å². The van der Waals surface area contributed by atoms with Crippen LogP contribution in [0.2, 0.25) is 0 Å². The van der Waals surface area contributed by atoms with Crippen LogP contribution in [0, 0.1) is 0 Å². The van der Waals surface area contributed by atoms with Crippen molar-refractivity contribution in [2.45, 2.75) is 296 Å². The van der Waals surface area contributed by atoms with Crippen LogP contribution < -0.4 is 5.32 Å². The minimum absolute atomic E-state index is 0.0294. The molecule has 0 spiro atoms. The number of aliphatic hydroxyl groups is 2. The average Bonchev–Trinajstić information content (AvgIpc) is 3.25. The summed E-state index contributed by atoms with van der Waals surface area (Å²) in [5, 5.41) is 23.7. The quantitative estimate of drug-likeness (QED) is 0.0322. The van der Waals surface area contributed by atoms with Crippen LogP contribution in [0.1, 0.15) is 278 Å². The molecule has 0 rings (SSSR count). The molecule has 1 amide bonds. The van der Waals surface area contributed by atoms with Crippen LogP contribution >= 0.6 is 0 Å². The summed E-state index contributed by atoms with van der Waals surface area (Å²) in [5.41, 5.74) is 0. The van der Waals surface area contributed by atoms with Crippen molar-refractivity contribution < 1.29 is 24.5 Å². The first kappa shape index (κ1) is 59.1. The third-order valence-corrected chi connectivity index (χ3v) is 12.2. The number of amides is 1. The maximum atomic E-state index is 13.2. The third-order valence-electron chi connectivity index (χ3n) is 12.2. The Balaban J connectivity index is 4.56. The smallest absolute Gasteiger partial charge is 0.306 e. The Kier molecular flexibility index (Phi) is 47.6. The highest BCUT2D eigenvalue weighted by Crippen LogP contribution is 2.16. The minimum atomic E-state index is -0.810. The molecule has 0 aromatic heterocycles. The Labute approximate surface area is 379 Å². The van der Waals surface area contributed by atoms with E-state index in [1.807, 2.05) is 12.2 Å². The van der Waals surface area contributed by atoms with E-state index in [2.05, 4.69) is 50.4 Å². The van der Waals surface area contributed by atoms with Gasteiger partial charge in [-0.05, 0) is 63.9 Å². The first-order valence-electron chi connectivity index (χ1n) is 26.7. The van der Waals surface area contributed by atoms with Crippen LogP contribution in [0.15, 0.2) is 36.5 Å². The van der Waals surface area contributed by atoms with Crippen LogP contribution in [-0.2, 0) is 14.3 Å². The molecule has 3 N–H and O–H groups in total. The number of ether oxygens (including phenoxy) is 1. The SMILES string of the molecule is CCCCCCCC/C=C\C/C=C/C(CC(=O)NC(CO)C(O)CCCCCCCCCCCCCCCCC)OC(=O)CCCCCCC/C=C/CCCCCCCCC. The van der Waals surface area contributed by atoms with Gasteiger partial charge in [-0.3, -0.25) is 9.59 Å². The van der Waals surface area contributed by atoms with E-state index in [1.165, 1.54) is 180 Å². The summed E-state index contributed by atoms with van der Waals surface area (Å²) in [6.45, 7) is 6.46. The topological polar surface area (TPSA) is 95.9 Å². The summed E-state index contributed by atoms with van der Waals surface area (Å²) in [7, 11) is 0. The van der Waals surface area contributed by atoms with Gasteiger partial charge in [0.25, 0.3) is 0 Å². The first-order valence-corrected chi connectivity index (χ1v) is 26.7. The van der Waals surface area contributed by atoms with Crippen molar-refractivity contribution in [3.63, 3.8) is 0 Å². The number of esters is 1. The number of allylic oxidation sites excluding steroid dienone is 5. The fourth-order valence-corrected chi connectivity index (χ4v) is 8.10. The molecule has 0 bridgehead atoms. The summed E-state index contributed by atoms with van der Waals surface area (Å²) in [4.78, 5) is 26.1. The van der Waals surface area contributed by atoms with Crippen molar-refractivity contribution in [2.24, 2.45) is 0 Å². The van der Waals surface area contributed by atoms with Gasteiger partial charge in [-0.25, -0.2) is 0 Å². The largest absolute Gasteiger partial charge is 0.458 e. The molecular weight excluding hydrogens is 755 g/mol. The van der Waals surface area contributed by atoms with Crippen molar-refractivity contribution in [1.82, 2.24) is 5.32 Å². The molecule has 0 aliphatic carbocycles. The lowest BCUT2D eigenvalue weighted by molar-refractivity contribution is -0.148. The molecule has 0 aromatic rings. The van der Waals surface area contributed by atoms with Gasteiger partial charge < -0.3 is 20.3 Å². The highest BCUT2D eigenvalue weighted by atomic mass is 16.5. The Morgan fingerprint density at radius 3 is 1.30 bits per heavy atom. The van der Waals surface area contributed by atoms with Gasteiger partial charge in [0.15, 0.2) is 0 Å². The molecule has 0 saturated heterocycles. The zero-order chi connectivity index (χ0) is 44.5. The Bertz CT molecular complexity index is 1010. The predicted octanol–water partition coefficient (Wildman–Crippen LogP) is 16.1. The summed E-state index contributed by atoms with van der Waals surface area (Å²) in [6, 6.07) is -0.732. The van der Waals surface area contributed by atoms with E-state index in [1.54, 1.807) is 0 Å². The first-order chi connectivity index (χ1) is 30.0. The number of unbranched alkanes of at least 4 members (excludes halogenated alkanes) is 32. The highest BCUT2D eigenvalue weighted by molar-refractivity contribution is 5.78. The van der Waals surface area contributed by atoms with Crippen molar-refractivity contribution >= 4 is 11.9 Å². The van der Waals surface area contributed by atoms with Crippen LogP contribution in [0.25, 0.3) is 0 Å². The number of aliphatic hydroxyl groups excluding tert-OH is 2. The molecular formula is C55H103NO5. The normalized spacial score (nSPS) is 13.5. The van der Waals surface area contributed by atoms with Gasteiger partial charge in [-0.2, -0.15) is 0 Å². The molecule has 0 fully saturated rings. The van der Waals surface area contributed by atoms with Crippen LogP contribution in [0.4, 0.5) is 0 Å². The number of nitrogens with one attached hydrogen (secondary N) is 1. The van der Waals surface area contributed by atoms with Gasteiger partial charge >= 0.3 is 5.97 Å². The van der Waals surface area contributed by atoms with Crippen molar-refractivity contribution in [3.8, 4) is 0 Å². The van der Waals surface area contributed by atoms with Crippen molar-refractivity contribution in [1.29, 1.82) is 0 Å². The third kappa shape index (κ3) is 44.5. The number of carbonyl (C=O) groups is 2. The van der Waals surface area contributed by atoms with E-state index < -0.39 is 18.2 Å². The Morgan fingerprint density at radius 2 is 0.869 bits per heavy atom. The summed E-state index contributed by atoms with van der Waals surface area (Å²) in [5.74, 6) is -0.603. The molecule has 358 valence electrons. The summed E-state index contributed by atoms with van der Waals surface area (Å²) in [6.07, 6.45) is 58.1. The number of rotatable bonds is 48. The van der Waals surface area contributed by atoms with Crippen LogP contribution in [-0.4, -0.2) is 46.9 Å². The fraction of sp³-hybridized carbons (Fsp3) is 0.855. The second kappa shape index (κ2) is 49.1. The highest BCUT2D eigenvalue weighted by Gasteiger charge is 2.23. The molecule has 3 atom stereocenters. The zero-order valence-electron chi connectivity index (χ0n) is 40.8. The molecule has 61 heavy (non-hydrogen) atoms. The maximum Gasteiger partial charge on any atom is 0.306 e. The van der Waals surface area contributed by atoms with Crippen molar-refractivity contribution in [3.05, 3.63) is 36.5 Å². The molecule has 0 aliphatic heterocycles. The Morgan fingerprint density at radius 1 is 0.492 bits per heavy atom. The molecule has 0 radical (unpaired) electrons. The molecule has 6 heteroatoms. The number of hydrogen-bond donors (Lipinski definition) is 3. The van der Waals surface area contributed by atoms with Gasteiger partial charge in [-0.15, -0.1) is 0 Å². The lowest BCUT2D eigenvalue weighted by Crippen LogP contribution is -2.46. The predicted molar refractivity (Wildman–Crippen MR) is 264 cm³/mol. The standard InChI is InChI=1S/C55H103NO5/c1-4-7-10-13-16-19-22-24-26-28-30-33-36-39-42-45-48-55(60)61-51(46-43-40-37-34-31-21-18-15-12-9-6-3)49-54(59)56-52(50-57)53(58)47-44-41-38-35-32-29-27-25-23-20-17-14-11-8-5-2/h26,28,34,37,43,46,51-53,57-58H,4-25,27,29-33,35-36,38-42,44-45,47-50H2,1-3H3,(H,56,59)/b28-26+,37-34-,46-43+. The van der Waals surface area contributed by atoms with E-state index in [0.29, 0.717) is 12.8 Å². The van der Waals surface area contributed by atoms with E-state index in [0.717, 1.165) is 57.8 Å². The lowest BCUT2D eigenvalue weighted by atomic mass is 10.0. The zero-order valence-corrected chi connectivity index (χ0v) is 40.8. The summed E-state index contributed by atoms with van der Waals surface area (Å²) < 4.78 is 5.83. The van der Waals surface area contributed by atoms with Gasteiger partial charge in [0.2, 0.25) is 5.91 Å². The molecule has 0 aromatic carbocycles. The number of hydrogen-bond acceptors (Lipinski definition) is 5.